The quantitative estimate of drug-likeness (QED) is 0.216. The van der Waals surface area contributed by atoms with Gasteiger partial charge in [0.25, 0.3) is 0 Å². The number of rotatable bonds is 13. The molecule has 2 aromatic rings. The van der Waals surface area contributed by atoms with Crippen LogP contribution in [0.3, 0.4) is 0 Å². The molecule has 2 saturated heterocycles. The molecule has 2 fully saturated rings. The van der Waals surface area contributed by atoms with E-state index in [4.69, 9.17) is 47.4 Å². The van der Waals surface area contributed by atoms with Gasteiger partial charge in [-0.1, -0.05) is 18.2 Å². The molecule has 0 radical (unpaired) electrons. The first-order valence-corrected chi connectivity index (χ1v) is 20.0. The maximum Gasteiger partial charge on any atom is 0.419 e. The van der Waals surface area contributed by atoms with E-state index in [0.29, 0.717) is 16.5 Å². The zero-order chi connectivity index (χ0) is 46.4. The van der Waals surface area contributed by atoms with Crippen molar-refractivity contribution in [3.8, 4) is 0 Å². The Hall–Kier alpha value is -5.31. The summed E-state index contributed by atoms with van der Waals surface area (Å²) in [6.07, 6.45) is -7.60. The topological polar surface area (TPSA) is 241 Å². The highest BCUT2D eigenvalue weighted by molar-refractivity contribution is 5.93. The molecule has 2 amide bonds. The van der Waals surface area contributed by atoms with Gasteiger partial charge in [0, 0.05) is 45.7 Å². The third-order valence-electron chi connectivity index (χ3n) is 9.07. The lowest BCUT2D eigenvalue weighted by Gasteiger charge is -2.47. The van der Waals surface area contributed by atoms with Crippen LogP contribution in [-0.4, -0.2) is 132 Å². The first kappa shape index (κ1) is 49.3. The van der Waals surface area contributed by atoms with E-state index in [1.165, 1.54) is 10.8 Å². The lowest BCUT2D eigenvalue weighted by Crippen LogP contribution is -2.68. The molecule has 3 heterocycles. The molecule has 4 rings (SSSR count). The Morgan fingerprint density at radius 1 is 0.790 bits per heavy atom. The predicted octanol–water partition coefficient (Wildman–Crippen LogP) is 3.60. The third-order valence-corrected chi connectivity index (χ3v) is 9.07. The van der Waals surface area contributed by atoms with Crippen LogP contribution in [0, 0.1) is 0 Å². The first-order valence-electron chi connectivity index (χ1n) is 20.0. The number of alkyl carbamates (subject to hydrolysis) is 1. The number of carbonyl (C=O) groups is 7. The van der Waals surface area contributed by atoms with Crippen molar-refractivity contribution < 1.29 is 80.9 Å². The predicted molar refractivity (Wildman–Crippen MR) is 215 cm³/mol. The molecule has 344 valence electrons. The van der Waals surface area contributed by atoms with Crippen molar-refractivity contribution >= 4 is 52.9 Å². The summed E-state index contributed by atoms with van der Waals surface area (Å²) < 4.78 is 58.6. The van der Waals surface area contributed by atoms with Gasteiger partial charge in [-0.25, -0.2) is 9.59 Å². The average molecular weight is 878 g/mol. The van der Waals surface area contributed by atoms with E-state index in [1.807, 2.05) is 0 Å². The molecule has 62 heavy (non-hydrogen) atoms. The minimum absolute atomic E-state index is 0.148. The fourth-order valence-corrected chi connectivity index (χ4v) is 6.57. The average Bonchev–Trinajstić information content (AvgIpc) is 3.49. The van der Waals surface area contributed by atoms with Crippen LogP contribution in [0.2, 0.25) is 0 Å². The third kappa shape index (κ3) is 14.1. The van der Waals surface area contributed by atoms with Crippen LogP contribution in [0.25, 0.3) is 10.9 Å². The number of esters is 4. The van der Waals surface area contributed by atoms with E-state index in [-0.39, 0.29) is 19.6 Å². The highest BCUT2D eigenvalue weighted by atomic mass is 16.7. The number of fused-ring (bicyclic) bond motifs is 1. The minimum atomic E-state index is -1.60. The number of nitrogens with one attached hydrogen (secondary N) is 2. The Balaban J connectivity index is 1.73. The molecule has 2 aliphatic rings. The molecule has 0 spiro atoms. The van der Waals surface area contributed by atoms with Gasteiger partial charge in [0.05, 0.1) is 25.3 Å². The molecular formula is C42H59N3O17. The molecule has 2 N–H and O–H groups in total. The van der Waals surface area contributed by atoms with Crippen LogP contribution in [0.4, 0.5) is 9.59 Å². The van der Waals surface area contributed by atoms with Crippen molar-refractivity contribution in [1.82, 2.24) is 15.2 Å². The standard InChI is InChI=1S/C42H59N3O17/c1-23(46)53-19-31-32(57-24(2)47)33(58-25(3)48)34(59-26(4)49)36(60-31)54-20-42(21-55-41(11,12)56-22-42)44-35(50)29(43-37(51)61-39(5,6)7)17-27-18-45(38(52)62-40(8,9)10)30-16-14-13-15-28(27)30/h13-16,18,29,31-34,36H,17,19-22H2,1-12H3,(H,43,51)(H,44,50)/t29-,31+,32-,33-,34+,36+/m0/s1. The van der Waals surface area contributed by atoms with Gasteiger partial charge in [0.2, 0.25) is 5.91 Å². The molecule has 6 atom stereocenters. The lowest BCUT2D eigenvalue weighted by atomic mass is 9.97. The first-order chi connectivity index (χ1) is 28.7. The summed E-state index contributed by atoms with van der Waals surface area (Å²) in [4.78, 5) is 90.2. The number of para-hydroxylation sites is 1. The molecule has 0 unspecified atom stereocenters. The van der Waals surface area contributed by atoms with Crippen molar-refractivity contribution in [2.45, 2.75) is 149 Å². The number of benzene rings is 1. The maximum absolute atomic E-state index is 14.6. The van der Waals surface area contributed by atoms with Gasteiger partial charge >= 0.3 is 36.1 Å². The number of ether oxygens (including phenoxy) is 10. The Labute approximate surface area is 359 Å². The van der Waals surface area contributed by atoms with Crippen molar-refractivity contribution in [3.05, 3.63) is 36.0 Å². The van der Waals surface area contributed by atoms with Crippen LogP contribution in [0.15, 0.2) is 30.5 Å². The van der Waals surface area contributed by atoms with Gasteiger partial charge in [-0.3, -0.25) is 28.5 Å². The van der Waals surface area contributed by atoms with Crippen LogP contribution in [0.1, 0.15) is 88.6 Å². The molecule has 0 bridgehead atoms. The van der Waals surface area contributed by atoms with Crippen molar-refractivity contribution in [3.63, 3.8) is 0 Å². The Bertz CT molecular complexity index is 1970. The monoisotopic (exact) mass is 877 g/mol. The second-order valence-corrected chi connectivity index (χ2v) is 17.6. The molecule has 0 saturated carbocycles. The lowest BCUT2D eigenvalue weighted by molar-refractivity contribution is -0.321. The number of carbonyl (C=O) groups excluding carboxylic acids is 7. The zero-order valence-corrected chi connectivity index (χ0v) is 37.3. The van der Waals surface area contributed by atoms with Gasteiger partial charge in [0.15, 0.2) is 30.4 Å². The van der Waals surface area contributed by atoms with E-state index < -0.39 is 114 Å². The Kier molecular flexibility index (Phi) is 15.8. The minimum Gasteiger partial charge on any atom is -0.463 e. The number of hydrogen-bond donors (Lipinski definition) is 2. The van der Waals surface area contributed by atoms with Crippen LogP contribution in [-0.2, 0) is 77.8 Å². The van der Waals surface area contributed by atoms with Crippen LogP contribution in [0.5, 0.6) is 0 Å². The van der Waals surface area contributed by atoms with Crippen LogP contribution >= 0.6 is 0 Å². The highest BCUT2D eigenvalue weighted by Gasteiger charge is 2.54. The second kappa shape index (κ2) is 19.8. The Morgan fingerprint density at radius 3 is 1.92 bits per heavy atom. The molecule has 0 aliphatic carbocycles. The van der Waals surface area contributed by atoms with Crippen molar-refractivity contribution in [2.24, 2.45) is 0 Å². The molecule has 1 aromatic heterocycles. The summed E-state index contributed by atoms with van der Waals surface area (Å²) in [5.41, 5.74) is -2.30. The van der Waals surface area contributed by atoms with Crippen molar-refractivity contribution in [2.75, 3.05) is 26.4 Å². The highest BCUT2D eigenvalue weighted by Crippen LogP contribution is 2.32. The van der Waals surface area contributed by atoms with E-state index in [9.17, 15) is 33.6 Å². The summed E-state index contributed by atoms with van der Waals surface area (Å²) in [5, 5.41) is 6.19. The van der Waals surface area contributed by atoms with Gasteiger partial charge in [-0.2, -0.15) is 0 Å². The number of aromatic nitrogens is 1. The van der Waals surface area contributed by atoms with E-state index in [1.54, 1.807) is 79.7 Å². The fourth-order valence-electron chi connectivity index (χ4n) is 6.57. The molecule has 20 nitrogen and oxygen atoms in total. The van der Waals surface area contributed by atoms with Crippen molar-refractivity contribution in [1.29, 1.82) is 0 Å². The smallest absolute Gasteiger partial charge is 0.419 e. The second-order valence-electron chi connectivity index (χ2n) is 17.6. The summed E-state index contributed by atoms with van der Waals surface area (Å²) in [6.45, 7) is 16.5. The van der Waals surface area contributed by atoms with Crippen LogP contribution < -0.4 is 10.6 Å². The van der Waals surface area contributed by atoms with Gasteiger partial charge in [-0.15, -0.1) is 0 Å². The number of hydrogen-bond acceptors (Lipinski definition) is 17. The SMILES string of the molecule is CC(=O)OC[C@H]1O[C@@H](OCC2(NC(=O)[C@H](Cc3cn(C(=O)OC(C)(C)C)c4ccccc34)NC(=O)OC(C)(C)C)COC(C)(C)OC2)[C@H](OC(C)=O)[C@@H](OC(C)=O)[C@H]1OC(C)=O. The molecule has 1 aromatic carbocycles. The van der Waals surface area contributed by atoms with Gasteiger partial charge in [-0.05, 0) is 67.0 Å². The molecule has 20 heteroatoms. The van der Waals surface area contributed by atoms with E-state index in [2.05, 4.69) is 10.6 Å². The summed E-state index contributed by atoms with van der Waals surface area (Å²) in [5.74, 6) is -5.06. The van der Waals surface area contributed by atoms with E-state index >= 15 is 0 Å². The van der Waals surface area contributed by atoms with Gasteiger partial charge in [0.1, 0.15) is 35.5 Å². The van der Waals surface area contributed by atoms with Gasteiger partial charge < -0.3 is 58.0 Å². The molecule has 2 aliphatic heterocycles. The fraction of sp³-hybridized carbons (Fsp3) is 0.643. The summed E-state index contributed by atoms with van der Waals surface area (Å²) >= 11 is 0. The maximum atomic E-state index is 14.6. The zero-order valence-electron chi connectivity index (χ0n) is 37.3. The number of amides is 2. The Morgan fingerprint density at radius 2 is 1.35 bits per heavy atom. The van der Waals surface area contributed by atoms with E-state index in [0.717, 1.165) is 27.7 Å². The summed E-state index contributed by atoms with van der Waals surface area (Å²) in [6, 6.07) is 5.65. The summed E-state index contributed by atoms with van der Waals surface area (Å²) in [7, 11) is 0. The largest absolute Gasteiger partial charge is 0.463 e. The molecular weight excluding hydrogens is 818 g/mol. The normalized spacial score (nSPS) is 22.6. The number of nitrogens with zero attached hydrogens (tertiary/aromatic N) is 1.